The quantitative estimate of drug-likeness (QED) is 0.158. The summed E-state index contributed by atoms with van der Waals surface area (Å²) < 4.78 is 9.03. The number of halogens is 3. The third-order valence-electron chi connectivity index (χ3n) is 6.22. The molecule has 0 aliphatic rings. The molecule has 192 valence electrons. The van der Waals surface area contributed by atoms with Crippen LogP contribution in [0.15, 0.2) is 91.6 Å². The summed E-state index contributed by atoms with van der Waals surface area (Å²) in [4.78, 5) is 18.0. The average Bonchev–Trinajstić information content (AvgIpc) is 2.91. The highest BCUT2D eigenvalue weighted by molar-refractivity contribution is 9.10. The molecule has 0 aliphatic heterocycles. The number of hydrogen-bond donors (Lipinski definition) is 0. The molecule has 38 heavy (non-hydrogen) atoms. The van der Waals surface area contributed by atoms with Crippen molar-refractivity contribution in [2.45, 2.75) is 32.8 Å². The number of rotatable bonds is 8. The summed E-state index contributed by atoms with van der Waals surface area (Å²) in [7, 11) is 0. The van der Waals surface area contributed by atoms with E-state index in [-0.39, 0.29) is 5.56 Å². The second kappa shape index (κ2) is 11.8. The normalized spacial score (nSPS) is 11.6. The lowest BCUT2D eigenvalue weighted by atomic mass is 10.1. The van der Waals surface area contributed by atoms with E-state index in [1.807, 2.05) is 36.4 Å². The molecule has 0 radical (unpaired) electrons. The predicted molar refractivity (Wildman–Crippen MR) is 163 cm³/mol. The molecule has 1 aromatic heterocycles. The lowest BCUT2D eigenvalue weighted by Gasteiger charge is -2.13. The van der Waals surface area contributed by atoms with Gasteiger partial charge in [0.15, 0.2) is 5.75 Å². The zero-order valence-electron chi connectivity index (χ0n) is 20.6. The highest BCUT2D eigenvalue weighted by Gasteiger charge is 2.13. The van der Waals surface area contributed by atoms with Gasteiger partial charge in [-0.3, -0.25) is 4.79 Å². The summed E-state index contributed by atoms with van der Waals surface area (Å²) in [6.07, 6.45) is 4.17. The first-order chi connectivity index (χ1) is 18.4. The van der Waals surface area contributed by atoms with Gasteiger partial charge in [0.1, 0.15) is 12.4 Å². The Balaban J connectivity index is 1.44. The molecule has 0 saturated carbocycles. The van der Waals surface area contributed by atoms with Crippen LogP contribution in [0.3, 0.4) is 0 Å². The first kappa shape index (κ1) is 26.6. The van der Waals surface area contributed by atoms with E-state index in [0.29, 0.717) is 45.0 Å². The third kappa shape index (κ3) is 5.70. The average molecular weight is 654 g/mol. The van der Waals surface area contributed by atoms with E-state index in [4.69, 9.17) is 21.3 Å². The van der Waals surface area contributed by atoms with E-state index in [2.05, 4.69) is 68.2 Å². The molecule has 5 aromatic rings. The number of hydrogen-bond acceptors (Lipinski definition) is 4. The van der Waals surface area contributed by atoms with Crippen molar-refractivity contribution in [3.63, 3.8) is 0 Å². The molecule has 0 fully saturated rings. The Morgan fingerprint density at radius 3 is 2.66 bits per heavy atom. The Morgan fingerprint density at radius 2 is 1.84 bits per heavy atom. The van der Waals surface area contributed by atoms with Crippen LogP contribution in [-0.2, 0) is 13.0 Å². The minimum absolute atomic E-state index is 0.209. The van der Waals surface area contributed by atoms with E-state index >= 15 is 0 Å². The van der Waals surface area contributed by atoms with Crippen molar-refractivity contribution in [3.8, 4) is 5.75 Å². The van der Waals surface area contributed by atoms with E-state index < -0.39 is 0 Å². The van der Waals surface area contributed by atoms with Crippen LogP contribution in [0.4, 0.5) is 0 Å². The molecule has 0 N–H and O–H groups in total. The third-order valence-corrected chi connectivity index (χ3v) is 7.59. The van der Waals surface area contributed by atoms with Gasteiger partial charge in [-0.15, -0.1) is 0 Å². The second-order valence-corrected chi connectivity index (χ2v) is 11.1. The van der Waals surface area contributed by atoms with Crippen LogP contribution in [0.2, 0.25) is 5.02 Å². The smallest absolute Gasteiger partial charge is 0.282 e. The monoisotopic (exact) mass is 651 g/mol. The highest BCUT2D eigenvalue weighted by atomic mass is 79.9. The number of nitrogens with zero attached hydrogens (tertiary/aromatic N) is 3. The van der Waals surface area contributed by atoms with Gasteiger partial charge in [-0.05, 0) is 74.6 Å². The molecule has 0 spiro atoms. The number of fused-ring (bicyclic) bond motifs is 2. The number of ether oxygens (including phenoxy) is 1. The van der Waals surface area contributed by atoms with Gasteiger partial charge in [-0.2, -0.15) is 9.78 Å². The first-order valence-corrected chi connectivity index (χ1v) is 14.2. The fraction of sp³-hybridized carbons (Fsp3) is 0.167. The lowest BCUT2D eigenvalue weighted by Crippen LogP contribution is -2.22. The van der Waals surface area contributed by atoms with Gasteiger partial charge in [0, 0.05) is 10.9 Å². The highest BCUT2D eigenvalue weighted by Crippen LogP contribution is 2.35. The minimum atomic E-state index is -0.209. The summed E-state index contributed by atoms with van der Waals surface area (Å²) in [6, 6.07) is 23.5. The van der Waals surface area contributed by atoms with Crippen molar-refractivity contribution in [3.05, 3.63) is 114 Å². The van der Waals surface area contributed by atoms with Crippen molar-refractivity contribution in [2.24, 2.45) is 5.10 Å². The molecule has 5 nitrogen and oxygen atoms in total. The van der Waals surface area contributed by atoms with Gasteiger partial charge in [-0.1, -0.05) is 83.3 Å². The van der Waals surface area contributed by atoms with Crippen LogP contribution >= 0.6 is 43.5 Å². The Labute approximate surface area is 242 Å². The molecule has 0 amide bonds. The summed E-state index contributed by atoms with van der Waals surface area (Å²) in [5.41, 5.74) is 2.25. The molecule has 0 atom stereocenters. The summed E-state index contributed by atoms with van der Waals surface area (Å²) >= 11 is 13.7. The van der Waals surface area contributed by atoms with E-state index in [9.17, 15) is 4.79 Å². The van der Waals surface area contributed by atoms with Gasteiger partial charge >= 0.3 is 0 Å². The van der Waals surface area contributed by atoms with Gasteiger partial charge in [-0.25, -0.2) is 4.98 Å². The Kier molecular flexibility index (Phi) is 8.27. The van der Waals surface area contributed by atoms with Crippen LogP contribution in [0.25, 0.3) is 21.7 Å². The molecule has 1 heterocycles. The molecular formula is C30H24Br2ClN3O2. The van der Waals surface area contributed by atoms with Crippen LogP contribution in [-0.4, -0.2) is 15.9 Å². The van der Waals surface area contributed by atoms with Crippen LogP contribution in [0, 0.1) is 0 Å². The Morgan fingerprint density at radius 1 is 1.03 bits per heavy atom. The van der Waals surface area contributed by atoms with Gasteiger partial charge < -0.3 is 4.74 Å². The first-order valence-electron chi connectivity index (χ1n) is 12.3. The van der Waals surface area contributed by atoms with Gasteiger partial charge in [0.05, 0.1) is 26.6 Å². The zero-order valence-corrected chi connectivity index (χ0v) is 24.6. The van der Waals surface area contributed by atoms with E-state index in [0.717, 1.165) is 39.2 Å². The molecule has 0 aliphatic carbocycles. The predicted octanol–water partition coefficient (Wildman–Crippen LogP) is 8.53. The van der Waals surface area contributed by atoms with E-state index in [1.165, 1.54) is 4.68 Å². The summed E-state index contributed by atoms with van der Waals surface area (Å²) in [6.45, 7) is 2.48. The van der Waals surface area contributed by atoms with Gasteiger partial charge in [0.2, 0.25) is 0 Å². The van der Waals surface area contributed by atoms with Crippen molar-refractivity contribution in [2.75, 3.05) is 0 Å². The van der Waals surface area contributed by atoms with Crippen molar-refractivity contribution in [1.82, 2.24) is 9.66 Å². The molecular weight excluding hydrogens is 630 g/mol. The maximum atomic E-state index is 13.3. The molecule has 0 bridgehead atoms. The maximum absolute atomic E-state index is 13.3. The number of benzene rings is 4. The molecule has 8 heteroatoms. The SMILES string of the molecule is CCCCc1nc2ccc(Br)cc2c(=O)n1N=Cc1cc(Cl)c(OCc2cccc3ccccc23)c(Br)c1. The second-order valence-electron chi connectivity index (χ2n) is 8.90. The van der Waals surface area contributed by atoms with Crippen molar-refractivity contribution in [1.29, 1.82) is 0 Å². The van der Waals surface area contributed by atoms with Crippen LogP contribution in [0.1, 0.15) is 36.7 Å². The Bertz CT molecular complexity index is 1700. The zero-order chi connectivity index (χ0) is 26.6. The maximum Gasteiger partial charge on any atom is 0.282 e. The number of aryl methyl sites for hydroxylation is 1. The summed E-state index contributed by atoms with van der Waals surface area (Å²) in [5, 5.41) is 7.79. The fourth-order valence-electron chi connectivity index (χ4n) is 4.30. The fourth-order valence-corrected chi connectivity index (χ4v) is 5.65. The molecule has 0 saturated heterocycles. The van der Waals surface area contributed by atoms with Crippen LogP contribution in [0.5, 0.6) is 5.75 Å². The number of aromatic nitrogens is 2. The van der Waals surface area contributed by atoms with Crippen LogP contribution < -0.4 is 10.3 Å². The number of unbranched alkanes of at least 4 members (excludes halogenated alkanes) is 1. The molecule has 5 rings (SSSR count). The lowest BCUT2D eigenvalue weighted by molar-refractivity contribution is 0.306. The van der Waals surface area contributed by atoms with Crippen molar-refractivity contribution < 1.29 is 4.74 Å². The Hall–Kier alpha value is -3.00. The minimum Gasteiger partial charge on any atom is -0.486 e. The topological polar surface area (TPSA) is 56.5 Å². The standard InChI is InChI=1S/C30H24Br2ClN3O2/c1-2-3-11-28-35-27-13-12-22(31)16-24(27)30(37)36(28)34-17-19-14-25(32)29(26(33)15-19)38-18-21-9-6-8-20-7-4-5-10-23(20)21/h4-10,12-17H,2-3,11,18H2,1H3. The van der Waals surface area contributed by atoms with E-state index in [1.54, 1.807) is 18.3 Å². The molecule has 4 aromatic carbocycles. The largest absolute Gasteiger partial charge is 0.486 e. The van der Waals surface area contributed by atoms with Gasteiger partial charge in [0.25, 0.3) is 5.56 Å². The molecule has 0 unspecified atom stereocenters. The summed E-state index contributed by atoms with van der Waals surface area (Å²) in [5.74, 6) is 1.18. The van der Waals surface area contributed by atoms with Crippen molar-refractivity contribution >= 4 is 71.4 Å².